The number of nitriles is 1. The van der Waals surface area contributed by atoms with Crippen molar-refractivity contribution in [1.29, 1.82) is 5.26 Å². The minimum atomic E-state index is 0.353. The molecule has 0 aliphatic rings. The fraction of sp³-hybridized carbons (Fsp3) is 0.444. The van der Waals surface area contributed by atoms with Gasteiger partial charge < -0.3 is 0 Å². The molecule has 0 spiro atoms. The minimum Gasteiger partial charge on any atom is -0.228 e. The van der Waals surface area contributed by atoms with Crippen LogP contribution in [-0.2, 0) is 6.42 Å². The van der Waals surface area contributed by atoms with Gasteiger partial charge in [-0.2, -0.15) is 5.26 Å². The monoisotopic (exact) mass is 227 g/mol. The average molecular weight is 228 g/mol. The molecule has 14 heavy (non-hydrogen) atoms. The highest BCUT2D eigenvalue weighted by atomic mass is 35.5. The summed E-state index contributed by atoms with van der Waals surface area (Å²) >= 11 is 7.12. The second kappa shape index (κ2) is 5.84. The molecule has 0 amide bonds. The standard InChI is InChI=1S/C9H10ClN3S/c1-2-3-7-6-8(10)13-9(12-7)14-5-4-11/h6H,2-3,5H2,1H3. The van der Waals surface area contributed by atoms with E-state index < -0.39 is 0 Å². The maximum Gasteiger partial charge on any atom is 0.190 e. The van der Waals surface area contributed by atoms with E-state index in [-0.39, 0.29) is 0 Å². The highest BCUT2D eigenvalue weighted by Gasteiger charge is 2.02. The maximum atomic E-state index is 8.41. The van der Waals surface area contributed by atoms with Gasteiger partial charge in [0.1, 0.15) is 5.15 Å². The van der Waals surface area contributed by atoms with Crippen molar-refractivity contribution in [3.05, 3.63) is 16.9 Å². The van der Waals surface area contributed by atoms with E-state index in [9.17, 15) is 0 Å². The van der Waals surface area contributed by atoms with Crippen LogP contribution in [0.15, 0.2) is 11.2 Å². The topological polar surface area (TPSA) is 49.6 Å². The molecule has 3 nitrogen and oxygen atoms in total. The summed E-state index contributed by atoms with van der Waals surface area (Å²) in [5, 5.41) is 9.44. The SMILES string of the molecule is CCCc1cc(Cl)nc(SCC#N)n1. The van der Waals surface area contributed by atoms with Gasteiger partial charge in [-0.15, -0.1) is 0 Å². The number of aryl methyl sites for hydroxylation is 1. The Morgan fingerprint density at radius 2 is 2.36 bits per heavy atom. The van der Waals surface area contributed by atoms with Crippen LogP contribution in [0.2, 0.25) is 5.15 Å². The molecule has 0 atom stereocenters. The number of hydrogen-bond donors (Lipinski definition) is 0. The van der Waals surface area contributed by atoms with Gasteiger partial charge in [-0.3, -0.25) is 0 Å². The molecule has 0 aliphatic heterocycles. The number of nitrogens with zero attached hydrogens (tertiary/aromatic N) is 3. The molecule has 0 fully saturated rings. The molecule has 1 aromatic heterocycles. The minimum absolute atomic E-state index is 0.353. The third-order valence-corrected chi connectivity index (χ3v) is 2.41. The molecule has 1 rings (SSSR count). The van der Waals surface area contributed by atoms with Crippen LogP contribution >= 0.6 is 23.4 Å². The van der Waals surface area contributed by atoms with E-state index in [2.05, 4.69) is 16.9 Å². The molecule has 0 radical (unpaired) electrons. The first kappa shape index (κ1) is 11.3. The molecule has 0 saturated carbocycles. The Kier molecular flexibility index (Phi) is 4.71. The quantitative estimate of drug-likeness (QED) is 0.451. The normalized spacial score (nSPS) is 9.79. The van der Waals surface area contributed by atoms with E-state index >= 15 is 0 Å². The molecule has 0 aliphatic carbocycles. The predicted molar refractivity (Wildman–Crippen MR) is 57.4 cm³/mol. The van der Waals surface area contributed by atoms with Crippen molar-refractivity contribution in [2.45, 2.75) is 24.9 Å². The third kappa shape index (κ3) is 3.52. The second-order valence-electron chi connectivity index (χ2n) is 2.66. The smallest absolute Gasteiger partial charge is 0.190 e. The Bertz CT molecular complexity index is 348. The van der Waals surface area contributed by atoms with Crippen LogP contribution in [0, 0.1) is 11.3 Å². The van der Waals surface area contributed by atoms with Gasteiger partial charge in [0.05, 0.1) is 11.8 Å². The summed E-state index contributed by atoms with van der Waals surface area (Å²) in [7, 11) is 0. The summed E-state index contributed by atoms with van der Waals surface area (Å²) in [4.78, 5) is 8.30. The Morgan fingerprint density at radius 1 is 1.57 bits per heavy atom. The van der Waals surface area contributed by atoms with Crippen molar-refractivity contribution in [3.63, 3.8) is 0 Å². The lowest BCUT2D eigenvalue weighted by Crippen LogP contribution is -1.95. The highest BCUT2D eigenvalue weighted by Crippen LogP contribution is 2.16. The van der Waals surface area contributed by atoms with Crippen LogP contribution in [0.25, 0.3) is 0 Å². The lowest BCUT2D eigenvalue weighted by molar-refractivity contribution is 0.828. The summed E-state index contributed by atoms with van der Waals surface area (Å²) in [5.74, 6) is 0.353. The highest BCUT2D eigenvalue weighted by molar-refractivity contribution is 7.99. The molecule has 0 N–H and O–H groups in total. The van der Waals surface area contributed by atoms with Crippen LogP contribution in [0.5, 0.6) is 0 Å². The molecule has 0 saturated heterocycles. The van der Waals surface area contributed by atoms with E-state index in [1.165, 1.54) is 11.8 Å². The molecular weight excluding hydrogens is 218 g/mol. The van der Waals surface area contributed by atoms with Crippen LogP contribution in [0.3, 0.4) is 0 Å². The first-order valence-corrected chi connectivity index (χ1v) is 5.65. The molecule has 0 aromatic carbocycles. The van der Waals surface area contributed by atoms with Gasteiger partial charge in [0.15, 0.2) is 5.16 Å². The van der Waals surface area contributed by atoms with Crippen LogP contribution in [0.1, 0.15) is 19.0 Å². The molecule has 74 valence electrons. The van der Waals surface area contributed by atoms with Crippen LogP contribution in [-0.4, -0.2) is 15.7 Å². The van der Waals surface area contributed by atoms with Gasteiger partial charge in [-0.1, -0.05) is 36.7 Å². The first-order valence-electron chi connectivity index (χ1n) is 4.29. The van der Waals surface area contributed by atoms with Crippen molar-refractivity contribution >= 4 is 23.4 Å². The van der Waals surface area contributed by atoms with E-state index in [4.69, 9.17) is 16.9 Å². The van der Waals surface area contributed by atoms with E-state index in [1.54, 1.807) is 6.07 Å². The predicted octanol–water partition coefficient (Wildman–Crippen LogP) is 2.70. The van der Waals surface area contributed by atoms with Crippen LogP contribution < -0.4 is 0 Å². The Balaban J connectivity index is 2.79. The van der Waals surface area contributed by atoms with Crippen molar-refractivity contribution < 1.29 is 0 Å². The van der Waals surface area contributed by atoms with Crippen molar-refractivity contribution in [2.24, 2.45) is 0 Å². The van der Waals surface area contributed by atoms with Crippen molar-refractivity contribution in [3.8, 4) is 6.07 Å². The number of thioether (sulfide) groups is 1. The first-order chi connectivity index (χ1) is 6.76. The Hall–Kier alpha value is -0.790. The van der Waals surface area contributed by atoms with E-state index in [0.717, 1.165) is 18.5 Å². The molecule has 0 unspecified atom stereocenters. The molecule has 5 heteroatoms. The summed E-state index contributed by atoms with van der Waals surface area (Å²) in [6.07, 6.45) is 1.91. The molecular formula is C9H10ClN3S. The molecule has 1 heterocycles. The van der Waals surface area contributed by atoms with E-state index in [1.807, 2.05) is 6.07 Å². The number of halogens is 1. The largest absolute Gasteiger partial charge is 0.228 e. The summed E-state index contributed by atoms with van der Waals surface area (Å²) in [6, 6.07) is 3.79. The van der Waals surface area contributed by atoms with E-state index in [0.29, 0.717) is 16.1 Å². The zero-order valence-corrected chi connectivity index (χ0v) is 9.40. The van der Waals surface area contributed by atoms with Gasteiger partial charge in [0.2, 0.25) is 0 Å². The summed E-state index contributed by atoms with van der Waals surface area (Å²) < 4.78 is 0. The average Bonchev–Trinajstić information content (AvgIpc) is 2.14. The van der Waals surface area contributed by atoms with Gasteiger partial charge in [0, 0.05) is 5.69 Å². The lowest BCUT2D eigenvalue weighted by atomic mass is 10.2. The number of rotatable bonds is 4. The third-order valence-electron chi connectivity index (χ3n) is 1.50. The lowest BCUT2D eigenvalue weighted by Gasteiger charge is -2.01. The maximum absolute atomic E-state index is 8.41. The zero-order valence-electron chi connectivity index (χ0n) is 7.83. The number of hydrogen-bond acceptors (Lipinski definition) is 4. The fourth-order valence-electron chi connectivity index (χ4n) is 0.987. The van der Waals surface area contributed by atoms with Gasteiger partial charge in [0.25, 0.3) is 0 Å². The van der Waals surface area contributed by atoms with Gasteiger partial charge in [-0.25, -0.2) is 9.97 Å². The summed E-state index contributed by atoms with van der Waals surface area (Å²) in [6.45, 7) is 2.08. The van der Waals surface area contributed by atoms with Crippen molar-refractivity contribution in [1.82, 2.24) is 9.97 Å². The van der Waals surface area contributed by atoms with Gasteiger partial charge in [-0.05, 0) is 12.5 Å². The van der Waals surface area contributed by atoms with Crippen molar-refractivity contribution in [2.75, 3.05) is 5.75 Å². The molecule has 1 aromatic rings. The van der Waals surface area contributed by atoms with Gasteiger partial charge >= 0.3 is 0 Å². The summed E-state index contributed by atoms with van der Waals surface area (Å²) in [5.41, 5.74) is 0.938. The molecule has 0 bridgehead atoms. The fourth-order valence-corrected chi connectivity index (χ4v) is 1.78. The zero-order chi connectivity index (χ0) is 10.4. The Morgan fingerprint density at radius 3 is 3.00 bits per heavy atom. The van der Waals surface area contributed by atoms with Crippen LogP contribution in [0.4, 0.5) is 0 Å². The Labute approximate surface area is 92.5 Å². The second-order valence-corrected chi connectivity index (χ2v) is 3.99. The number of aromatic nitrogens is 2.